The lowest BCUT2D eigenvalue weighted by Crippen LogP contribution is -2.16. The highest BCUT2D eigenvalue weighted by Crippen LogP contribution is 2.16. The Hall–Kier alpha value is -1.95. The Labute approximate surface area is 103 Å². The van der Waals surface area contributed by atoms with Crippen LogP contribution in [0.25, 0.3) is 0 Å². The van der Waals surface area contributed by atoms with Crippen LogP contribution in [-0.4, -0.2) is 25.7 Å². The summed E-state index contributed by atoms with van der Waals surface area (Å²) in [5.74, 6) is -0.00904. The highest BCUT2D eigenvalue weighted by atomic mass is 35.5. The van der Waals surface area contributed by atoms with Gasteiger partial charge in [0.05, 0.1) is 10.6 Å². The van der Waals surface area contributed by atoms with E-state index in [4.69, 9.17) is 11.6 Å². The molecule has 1 amide bonds. The number of anilines is 1. The minimum Gasteiger partial charge on any atom is -0.291 e. The number of nitrogens with zero attached hydrogens (tertiary/aromatic N) is 4. The van der Waals surface area contributed by atoms with Gasteiger partial charge in [-0.2, -0.15) is 10.1 Å². The molecule has 2 aromatic heterocycles. The van der Waals surface area contributed by atoms with Gasteiger partial charge in [-0.3, -0.25) is 15.1 Å². The molecule has 0 aliphatic heterocycles. The Bertz CT molecular complexity index is 566. The number of pyridine rings is 1. The van der Waals surface area contributed by atoms with E-state index in [1.165, 1.54) is 17.2 Å². The molecule has 0 radical (unpaired) electrons. The number of aromatic nitrogens is 4. The number of carbonyl (C=O) groups is 1. The summed E-state index contributed by atoms with van der Waals surface area (Å²) in [6, 6.07) is 1.63. The second kappa shape index (κ2) is 4.50. The summed E-state index contributed by atoms with van der Waals surface area (Å²) in [5, 5.41) is 6.79. The minimum absolute atomic E-state index is 0.306. The lowest BCUT2D eigenvalue weighted by Gasteiger charge is -2.05. The number of amides is 1. The van der Waals surface area contributed by atoms with Gasteiger partial charge in [0.2, 0.25) is 5.95 Å². The second-order valence-electron chi connectivity index (χ2n) is 3.47. The smallest absolute Gasteiger partial charge is 0.261 e. The number of nitrogens with one attached hydrogen (secondary N) is 1. The summed E-state index contributed by atoms with van der Waals surface area (Å²) in [4.78, 5) is 19.8. The van der Waals surface area contributed by atoms with E-state index in [2.05, 4.69) is 20.4 Å². The normalized spacial score (nSPS) is 10.3. The number of hydrogen-bond donors (Lipinski definition) is 1. The van der Waals surface area contributed by atoms with Gasteiger partial charge in [0.25, 0.3) is 5.91 Å². The molecule has 0 aromatic carbocycles. The summed E-state index contributed by atoms with van der Waals surface area (Å²) < 4.78 is 1.45. The van der Waals surface area contributed by atoms with Crippen molar-refractivity contribution in [3.05, 3.63) is 34.9 Å². The van der Waals surface area contributed by atoms with Crippen LogP contribution in [0.2, 0.25) is 5.02 Å². The molecule has 2 rings (SSSR count). The zero-order chi connectivity index (χ0) is 12.4. The van der Waals surface area contributed by atoms with Crippen LogP contribution in [0.4, 0.5) is 5.95 Å². The summed E-state index contributed by atoms with van der Waals surface area (Å²) >= 11 is 5.96. The molecule has 6 nitrogen and oxygen atoms in total. The molecule has 1 N–H and O–H groups in total. The van der Waals surface area contributed by atoms with Gasteiger partial charge in [0, 0.05) is 18.9 Å². The first-order valence-corrected chi connectivity index (χ1v) is 5.23. The lowest BCUT2D eigenvalue weighted by molar-refractivity contribution is 0.102. The lowest BCUT2D eigenvalue weighted by atomic mass is 10.2. The number of halogens is 1. The molecule has 0 fully saturated rings. The van der Waals surface area contributed by atoms with Gasteiger partial charge >= 0.3 is 0 Å². The predicted octanol–water partition coefficient (Wildman–Crippen LogP) is 1.42. The maximum Gasteiger partial charge on any atom is 0.261 e. The fourth-order valence-corrected chi connectivity index (χ4v) is 1.56. The molecule has 7 heteroatoms. The third kappa shape index (κ3) is 2.42. The molecule has 2 aromatic rings. The fraction of sp³-hybridized carbons (Fsp3) is 0.200. The van der Waals surface area contributed by atoms with Gasteiger partial charge in [-0.05, 0) is 13.0 Å². The number of carbonyl (C=O) groups excluding carboxylic acids is 1. The molecule has 0 aliphatic rings. The van der Waals surface area contributed by atoms with E-state index in [0.29, 0.717) is 16.5 Å². The van der Waals surface area contributed by atoms with Gasteiger partial charge in [-0.1, -0.05) is 11.6 Å². The van der Waals surface area contributed by atoms with E-state index in [1.807, 2.05) is 0 Å². The van der Waals surface area contributed by atoms with Crippen molar-refractivity contribution in [2.75, 3.05) is 5.32 Å². The predicted molar refractivity (Wildman–Crippen MR) is 62.9 cm³/mol. The Balaban J connectivity index is 2.23. The first kappa shape index (κ1) is 11.5. The third-order valence-electron chi connectivity index (χ3n) is 2.17. The molecule has 88 valence electrons. The van der Waals surface area contributed by atoms with Crippen LogP contribution in [0.15, 0.2) is 18.6 Å². The standard InChI is InChI=1S/C10H10ClN5O/c1-6-3-8(11)7(4-12-6)9(17)15-10-13-5-14-16(10)2/h3-5H,1-2H3,(H,13,14,15,17). The molecule has 0 saturated carbocycles. The summed E-state index contributed by atoms with van der Waals surface area (Å²) in [6.07, 6.45) is 2.79. The summed E-state index contributed by atoms with van der Waals surface area (Å²) in [7, 11) is 1.68. The second-order valence-corrected chi connectivity index (χ2v) is 3.87. The molecule has 0 bridgehead atoms. The first-order chi connectivity index (χ1) is 8.08. The first-order valence-electron chi connectivity index (χ1n) is 4.85. The Morgan fingerprint density at radius 3 is 2.82 bits per heavy atom. The van der Waals surface area contributed by atoms with Gasteiger partial charge in [0.15, 0.2) is 0 Å². The molecule has 17 heavy (non-hydrogen) atoms. The molecule has 0 atom stereocenters. The Morgan fingerprint density at radius 2 is 2.24 bits per heavy atom. The zero-order valence-electron chi connectivity index (χ0n) is 9.31. The van der Waals surface area contributed by atoms with E-state index in [0.717, 1.165) is 5.69 Å². The van der Waals surface area contributed by atoms with Crippen LogP contribution in [0, 0.1) is 6.92 Å². The summed E-state index contributed by atoms with van der Waals surface area (Å²) in [6.45, 7) is 1.80. The highest BCUT2D eigenvalue weighted by Gasteiger charge is 2.13. The van der Waals surface area contributed by atoms with Crippen LogP contribution in [0.5, 0.6) is 0 Å². The van der Waals surface area contributed by atoms with Crippen LogP contribution < -0.4 is 5.32 Å². The van der Waals surface area contributed by atoms with E-state index < -0.39 is 0 Å². The molecular weight excluding hydrogens is 242 g/mol. The maximum absolute atomic E-state index is 11.9. The molecule has 0 unspecified atom stereocenters. The largest absolute Gasteiger partial charge is 0.291 e. The highest BCUT2D eigenvalue weighted by molar-refractivity contribution is 6.34. The minimum atomic E-state index is -0.362. The summed E-state index contributed by atoms with van der Waals surface area (Å²) in [5.41, 5.74) is 1.06. The van der Waals surface area contributed by atoms with Crippen molar-refractivity contribution in [2.24, 2.45) is 7.05 Å². The van der Waals surface area contributed by atoms with Crippen molar-refractivity contribution >= 4 is 23.5 Å². The molecule has 2 heterocycles. The topological polar surface area (TPSA) is 72.7 Å². The monoisotopic (exact) mass is 251 g/mol. The van der Waals surface area contributed by atoms with Crippen molar-refractivity contribution in [3.8, 4) is 0 Å². The number of aryl methyl sites for hydroxylation is 2. The van der Waals surface area contributed by atoms with Crippen molar-refractivity contribution in [2.45, 2.75) is 6.92 Å². The molecular formula is C10H10ClN5O. The maximum atomic E-state index is 11.9. The van der Waals surface area contributed by atoms with Gasteiger partial charge < -0.3 is 0 Å². The van der Waals surface area contributed by atoms with Gasteiger partial charge in [-0.15, -0.1) is 0 Å². The van der Waals surface area contributed by atoms with Crippen LogP contribution in [0.1, 0.15) is 16.1 Å². The van der Waals surface area contributed by atoms with Gasteiger partial charge in [0.1, 0.15) is 6.33 Å². The Morgan fingerprint density at radius 1 is 1.47 bits per heavy atom. The quantitative estimate of drug-likeness (QED) is 0.876. The van der Waals surface area contributed by atoms with E-state index in [1.54, 1.807) is 20.0 Å². The van der Waals surface area contributed by atoms with E-state index in [9.17, 15) is 4.79 Å². The molecule has 0 aliphatic carbocycles. The van der Waals surface area contributed by atoms with Crippen LogP contribution in [0.3, 0.4) is 0 Å². The van der Waals surface area contributed by atoms with Crippen LogP contribution in [-0.2, 0) is 7.05 Å². The number of rotatable bonds is 2. The van der Waals surface area contributed by atoms with Crippen LogP contribution >= 0.6 is 11.6 Å². The van der Waals surface area contributed by atoms with E-state index in [-0.39, 0.29) is 5.91 Å². The fourth-order valence-electron chi connectivity index (χ4n) is 1.27. The zero-order valence-corrected chi connectivity index (χ0v) is 10.1. The van der Waals surface area contributed by atoms with Crippen molar-refractivity contribution in [1.29, 1.82) is 0 Å². The van der Waals surface area contributed by atoms with Crippen molar-refractivity contribution in [1.82, 2.24) is 19.7 Å². The number of hydrogen-bond acceptors (Lipinski definition) is 4. The SMILES string of the molecule is Cc1cc(Cl)c(C(=O)Nc2ncnn2C)cn1. The molecule has 0 spiro atoms. The van der Waals surface area contributed by atoms with E-state index >= 15 is 0 Å². The van der Waals surface area contributed by atoms with Gasteiger partial charge in [-0.25, -0.2) is 4.68 Å². The third-order valence-corrected chi connectivity index (χ3v) is 2.48. The average molecular weight is 252 g/mol. The average Bonchev–Trinajstić information content (AvgIpc) is 2.64. The van der Waals surface area contributed by atoms with Crippen molar-refractivity contribution < 1.29 is 4.79 Å². The molecule has 0 saturated heterocycles. The Kier molecular flexibility index (Phi) is 3.06. The van der Waals surface area contributed by atoms with Crippen molar-refractivity contribution in [3.63, 3.8) is 0 Å².